The lowest BCUT2D eigenvalue weighted by molar-refractivity contribution is 1.44. The van der Waals surface area contributed by atoms with Crippen LogP contribution in [0.25, 0.3) is 11.1 Å². The summed E-state index contributed by atoms with van der Waals surface area (Å²) in [5.74, 6) is 0. The number of aryl methyl sites for hydroxylation is 1. The average Bonchev–Trinajstić information content (AvgIpc) is 2.75. The van der Waals surface area contributed by atoms with Gasteiger partial charge in [-0.3, -0.25) is 0 Å². The van der Waals surface area contributed by atoms with Gasteiger partial charge in [0.1, 0.15) is 0 Å². The first-order valence-electron chi connectivity index (χ1n) is 9.44. The largest absolute Gasteiger partial charge is 0.355 e. The van der Waals surface area contributed by atoms with Crippen molar-refractivity contribution in [3.05, 3.63) is 119 Å². The van der Waals surface area contributed by atoms with E-state index in [1.165, 1.54) is 11.1 Å². The van der Waals surface area contributed by atoms with Crippen molar-refractivity contribution in [1.82, 2.24) is 0 Å². The smallest absolute Gasteiger partial charge is 0.0539 e. The summed E-state index contributed by atoms with van der Waals surface area (Å²) in [5, 5.41) is 4.09. The first-order valence-corrected chi connectivity index (χ1v) is 10.2. The van der Waals surface area contributed by atoms with E-state index in [1.54, 1.807) is 0 Å². The molecular weight excluding hydrogens is 394 g/mol. The number of hydrogen-bond acceptors (Lipinski definition) is 2. The minimum absolute atomic E-state index is 0.641. The van der Waals surface area contributed by atoms with Crippen molar-refractivity contribution in [2.24, 2.45) is 0 Å². The molecule has 3 heteroatoms. The predicted molar refractivity (Wildman–Crippen MR) is 129 cm³/mol. The summed E-state index contributed by atoms with van der Waals surface area (Å²) in [6.07, 6.45) is 0. The highest BCUT2D eigenvalue weighted by Gasteiger charge is 2.11. The molecule has 29 heavy (non-hydrogen) atoms. The Morgan fingerprint density at radius 1 is 0.690 bits per heavy atom. The molecule has 0 bridgehead atoms. The first kappa shape index (κ1) is 19.4. The molecule has 4 aromatic carbocycles. The van der Waals surface area contributed by atoms with Crippen LogP contribution in [0.15, 0.2) is 97.1 Å². The van der Waals surface area contributed by atoms with Gasteiger partial charge < -0.3 is 5.32 Å². The van der Waals surface area contributed by atoms with Crippen LogP contribution in [0, 0.1) is 6.92 Å². The third-order valence-corrected chi connectivity index (χ3v) is 5.61. The number of nitrogens with one attached hydrogen (secondary N) is 1. The SMILES string of the molecule is Cc1ccccc1C(=S)c1ccc(Nc2cccc(-c3ccccc3)c2)cc1Cl. The predicted octanol–water partition coefficient (Wildman–Crippen LogP) is 7.83. The maximum absolute atomic E-state index is 6.59. The molecule has 0 amide bonds. The molecule has 0 spiro atoms. The molecule has 0 atom stereocenters. The third kappa shape index (κ3) is 4.40. The van der Waals surface area contributed by atoms with Crippen molar-refractivity contribution in [3.8, 4) is 11.1 Å². The van der Waals surface area contributed by atoms with Gasteiger partial charge in [0.25, 0.3) is 0 Å². The van der Waals surface area contributed by atoms with Crippen LogP contribution in [0.3, 0.4) is 0 Å². The number of rotatable bonds is 5. The van der Waals surface area contributed by atoms with Crippen LogP contribution in [0.1, 0.15) is 16.7 Å². The summed E-state index contributed by atoms with van der Waals surface area (Å²) < 4.78 is 0. The lowest BCUT2D eigenvalue weighted by Crippen LogP contribution is -2.03. The number of hydrogen-bond donors (Lipinski definition) is 1. The van der Waals surface area contributed by atoms with Gasteiger partial charge in [-0.1, -0.05) is 90.5 Å². The molecule has 0 saturated carbocycles. The van der Waals surface area contributed by atoms with Gasteiger partial charge in [-0.15, -0.1) is 0 Å². The van der Waals surface area contributed by atoms with Crippen molar-refractivity contribution >= 4 is 40.1 Å². The topological polar surface area (TPSA) is 12.0 Å². The molecule has 4 aromatic rings. The molecule has 1 N–H and O–H groups in total. The van der Waals surface area contributed by atoms with Gasteiger partial charge in [0, 0.05) is 16.9 Å². The van der Waals surface area contributed by atoms with Crippen molar-refractivity contribution in [2.45, 2.75) is 6.92 Å². The van der Waals surface area contributed by atoms with Gasteiger partial charge >= 0.3 is 0 Å². The highest BCUT2D eigenvalue weighted by Crippen LogP contribution is 2.29. The van der Waals surface area contributed by atoms with Gasteiger partial charge in [-0.25, -0.2) is 0 Å². The standard InChI is InChI=1S/C26H20ClNS/c1-18-8-5-6-13-23(18)26(29)24-15-14-22(17-25(24)27)28-21-12-7-11-20(16-21)19-9-3-2-4-10-19/h2-17,28H,1H3. The Kier molecular flexibility index (Phi) is 5.75. The molecule has 0 heterocycles. The molecule has 0 unspecified atom stereocenters. The second-order valence-electron chi connectivity index (χ2n) is 6.91. The minimum atomic E-state index is 0.641. The Morgan fingerprint density at radius 2 is 1.38 bits per heavy atom. The number of thiocarbonyl (C=S) groups is 1. The van der Waals surface area contributed by atoms with Crippen LogP contribution < -0.4 is 5.32 Å². The van der Waals surface area contributed by atoms with E-state index in [0.29, 0.717) is 5.02 Å². The molecule has 0 aliphatic heterocycles. The molecule has 0 radical (unpaired) electrons. The van der Waals surface area contributed by atoms with Crippen molar-refractivity contribution in [3.63, 3.8) is 0 Å². The summed E-state index contributed by atoms with van der Waals surface area (Å²) in [5.41, 5.74) is 7.36. The van der Waals surface area contributed by atoms with Crippen LogP contribution in [0.4, 0.5) is 11.4 Å². The first-order chi connectivity index (χ1) is 14.1. The highest BCUT2D eigenvalue weighted by atomic mass is 35.5. The van der Waals surface area contributed by atoms with Crippen LogP contribution in [-0.2, 0) is 0 Å². The van der Waals surface area contributed by atoms with E-state index in [-0.39, 0.29) is 0 Å². The Bertz CT molecular complexity index is 1170. The summed E-state index contributed by atoms with van der Waals surface area (Å²) in [7, 11) is 0. The van der Waals surface area contributed by atoms with Crippen LogP contribution in [0.5, 0.6) is 0 Å². The summed E-state index contributed by atoms with van der Waals surface area (Å²) in [4.78, 5) is 0.769. The molecule has 1 nitrogen and oxygen atoms in total. The number of anilines is 2. The van der Waals surface area contributed by atoms with E-state index in [9.17, 15) is 0 Å². The number of benzene rings is 4. The molecule has 142 valence electrons. The number of halogens is 1. The third-order valence-electron chi connectivity index (χ3n) is 4.86. The van der Waals surface area contributed by atoms with Crippen LogP contribution in [0.2, 0.25) is 5.02 Å². The van der Waals surface area contributed by atoms with E-state index >= 15 is 0 Å². The monoisotopic (exact) mass is 413 g/mol. The van der Waals surface area contributed by atoms with E-state index in [1.807, 2.05) is 66.7 Å². The molecule has 0 aromatic heterocycles. The fraction of sp³-hybridized carbons (Fsp3) is 0.0385. The van der Waals surface area contributed by atoms with E-state index in [2.05, 4.69) is 42.6 Å². The van der Waals surface area contributed by atoms with E-state index in [0.717, 1.165) is 32.9 Å². The zero-order valence-electron chi connectivity index (χ0n) is 16.0. The fourth-order valence-electron chi connectivity index (χ4n) is 3.32. The highest BCUT2D eigenvalue weighted by molar-refractivity contribution is 7.81. The van der Waals surface area contributed by atoms with Crippen molar-refractivity contribution < 1.29 is 0 Å². The molecular formula is C26H20ClNS. The molecule has 0 fully saturated rings. The van der Waals surface area contributed by atoms with Gasteiger partial charge in [-0.05, 0) is 59.5 Å². The second-order valence-corrected chi connectivity index (χ2v) is 7.73. The maximum atomic E-state index is 6.59. The van der Waals surface area contributed by atoms with Gasteiger partial charge in [-0.2, -0.15) is 0 Å². The zero-order chi connectivity index (χ0) is 20.2. The lowest BCUT2D eigenvalue weighted by atomic mass is 10.00. The fourth-order valence-corrected chi connectivity index (χ4v) is 4.06. The van der Waals surface area contributed by atoms with Crippen LogP contribution >= 0.6 is 23.8 Å². The maximum Gasteiger partial charge on any atom is 0.0539 e. The van der Waals surface area contributed by atoms with Gasteiger partial charge in [0.2, 0.25) is 0 Å². The van der Waals surface area contributed by atoms with Gasteiger partial charge in [0.05, 0.1) is 9.89 Å². The Morgan fingerprint density at radius 3 is 2.14 bits per heavy atom. The lowest BCUT2D eigenvalue weighted by Gasteiger charge is -2.13. The average molecular weight is 414 g/mol. The normalized spacial score (nSPS) is 10.6. The van der Waals surface area contributed by atoms with Crippen molar-refractivity contribution in [1.29, 1.82) is 0 Å². The Labute approximate surface area is 182 Å². The molecule has 0 aliphatic rings. The quantitative estimate of drug-likeness (QED) is 0.264. The van der Waals surface area contributed by atoms with E-state index < -0.39 is 0 Å². The summed E-state index contributed by atoms with van der Waals surface area (Å²) >= 11 is 12.3. The Hall–Kier alpha value is -2.94. The molecule has 4 rings (SSSR count). The molecule has 0 aliphatic carbocycles. The Balaban J connectivity index is 1.58. The van der Waals surface area contributed by atoms with Crippen molar-refractivity contribution in [2.75, 3.05) is 5.32 Å². The second kappa shape index (κ2) is 8.60. The summed E-state index contributed by atoms with van der Waals surface area (Å²) in [6, 6.07) is 32.7. The van der Waals surface area contributed by atoms with E-state index in [4.69, 9.17) is 23.8 Å². The van der Waals surface area contributed by atoms with Gasteiger partial charge in [0.15, 0.2) is 0 Å². The minimum Gasteiger partial charge on any atom is -0.355 e. The molecule has 0 saturated heterocycles. The summed E-state index contributed by atoms with van der Waals surface area (Å²) in [6.45, 7) is 2.06. The zero-order valence-corrected chi connectivity index (χ0v) is 17.6. The van der Waals surface area contributed by atoms with Crippen LogP contribution in [-0.4, -0.2) is 4.86 Å².